The Balaban J connectivity index is 2.93. The van der Waals surface area contributed by atoms with Crippen molar-refractivity contribution < 1.29 is 4.39 Å². The van der Waals surface area contributed by atoms with Crippen LogP contribution in [0.2, 0.25) is 10.2 Å². The SMILES string of the molecule is CC(C)c1c(Cl)[nH]c(=O)n(-c2c(Cl)cc(F)cc2Br)c1=O. The molecule has 0 aliphatic carbocycles. The molecule has 0 atom stereocenters. The summed E-state index contributed by atoms with van der Waals surface area (Å²) in [5.74, 6) is -0.788. The summed E-state index contributed by atoms with van der Waals surface area (Å²) in [6.45, 7) is 3.54. The predicted molar refractivity (Wildman–Crippen MR) is 84.4 cm³/mol. The molecule has 0 aliphatic rings. The molecule has 1 heterocycles. The third kappa shape index (κ3) is 2.93. The van der Waals surface area contributed by atoms with E-state index in [9.17, 15) is 14.0 Å². The lowest BCUT2D eigenvalue weighted by Crippen LogP contribution is -2.37. The van der Waals surface area contributed by atoms with Gasteiger partial charge in [0.05, 0.1) is 16.3 Å². The Bertz CT molecular complexity index is 807. The van der Waals surface area contributed by atoms with E-state index in [1.54, 1.807) is 13.8 Å². The van der Waals surface area contributed by atoms with Crippen molar-refractivity contribution in [3.63, 3.8) is 0 Å². The van der Waals surface area contributed by atoms with Crippen molar-refractivity contribution in [2.45, 2.75) is 19.8 Å². The second kappa shape index (κ2) is 5.94. The van der Waals surface area contributed by atoms with Crippen LogP contribution >= 0.6 is 39.1 Å². The Morgan fingerprint density at radius 1 is 1.29 bits per heavy atom. The first kappa shape index (κ1) is 16.3. The zero-order valence-electron chi connectivity index (χ0n) is 11.0. The van der Waals surface area contributed by atoms with Gasteiger partial charge in [-0.15, -0.1) is 0 Å². The maximum atomic E-state index is 13.3. The molecule has 0 radical (unpaired) electrons. The monoisotopic (exact) mass is 394 g/mol. The lowest BCUT2D eigenvalue weighted by Gasteiger charge is -2.13. The highest BCUT2D eigenvalue weighted by Gasteiger charge is 2.20. The largest absolute Gasteiger partial charge is 0.334 e. The van der Waals surface area contributed by atoms with Gasteiger partial charge in [-0.05, 0) is 34.0 Å². The summed E-state index contributed by atoms with van der Waals surface area (Å²) in [5.41, 5.74) is -1.01. The van der Waals surface area contributed by atoms with Crippen molar-refractivity contribution in [2.24, 2.45) is 0 Å². The Morgan fingerprint density at radius 2 is 1.90 bits per heavy atom. The molecule has 1 N–H and O–H groups in total. The number of hydrogen-bond donors (Lipinski definition) is 1. The topological polar surface area (TPSA) is 54.9 Å². The third-order valence-corrected chi connectivity index (χ3v) is 4.06. The fourth-order valence-corrected chi connectivity index (χ4v) is 3.37. The number of nitrogens with zero attached hydrogens (tertiary/aromatic N) is 1. The van der Waals surface area contributed by atoms with E-state index in [1.165, 1.54) is 0 Å². The summed E-state index contributed by atoms with van der Waals surface area (Å²) in [5, 5.41) is -0.0721. The fourth-order valence-electron chi connectivity index (χ4n) is 1.98. The molecule has 0 fully saturated rings. The number of halogens is 4. The summed E-state index contributed by atoms with van der Waals surface area (Å²) < 4.78 is 14.3. The number of hydrogen-bond acceptors (Lipinski definition) is 2. The predicted octanol–water partition coefficient (Wildman–Crippen LogP) is 3.86. The Hall–Kier alpha value is -1.11. The van der Waals surface area contributed by atoms with Gasteiger partial charge >= 0.3 is 5.69 Å². The van der Waals surface area contributed by atoms with Gasteiger partial charge in [0.15, 0.2) is 0 Å². The van der Waals surface area contributed by atoms with Crippen LogP contribution in [0.5, 0.6) is 0 Å². The van der Waals surface area contributed by atoms with E-state index >= 15 is 0 Å². The van der Waals surface area contributed by atoms with Crippen LogP contribution in [0.1, 0.15) is 25.3 Å². The lowest BCUT2D eigenvalue weighted by atomic mass is 10.1. The van der Waals surface area contributed by atoms with Crippen LogP contribution in [-0.4, -0.2) is 9.55 Å². The molecule has 2 aromatic rings. The standard InChI is InChI=1S/C13H10BrCl2FN2O2/c1-5(2)9-11(16)18-13(21)19(12(9)20)10-7(14)3-6(17)4-8(10)15/h3-5H,1-2H3,(H,18,21). The van der Waals surface area contributed by atoms with Crippen molar-refractivity contribution in [3.8, 4) is 5.69 Å². The van der Waals surface area contributed by atoms with Crippen LogP contribution in [0.25, 0.3) is 5.69 Å². The number of rotatable bonds is 2. The van der Waals surface area contributed by atoms with Crippen LogP contribution < -0.4 is 11.2 Å². The average molecular weight is 396 g/mol. The summed E-state index contributed by atoms with van der Waals surface area (Å²) in [4.78, 5) is 27.0. The molecular weight excluding hydrogens is 386 g/mol. The molecule has 0 spiro atoms. The van der Waals surface area contributed by atoms with E-state index in [2.05, 4.69) is 20.9 Å². The van der Waals surface area contributed by atoms with Gasteiger partial charge in [0.1, 0.15) is 11.0 Å². The van der Waals surface area contributed by atoms with Gasteiger partial charge in [0.25, 0.3) is 5.56 Å². The summed E-state index contributed by atoms with van der Waals surface area (Å²) in [7, 11) is 0. The Kier molecular flexibility index (Phi) is 4.60. The molecule has 0 saturated heterocycles. The molecule has 2 rings (SSSR count). The molecule has 0 aliphatic heterocycles. The van der Waals surface area contributed by atoms with Crippen molar-refractivity contribution in [2.75, 3.05) is 0 Å². The quantitative estimate of drug-likeness (QED) is 0.785. The third-order valence-electron chi connectivity index (χ3n) is 2.87. The molecule has 112 valence electrons. The smallest absolute Gasteiger partial charge is 0.297 e. The minimum absolute atomic E-state index is 0.00870. The molecule has 1 aromatic heterocycles. The van der Waals surface area contributed by atoms with Crippen molar-refractivity contribution >= 4 is 39.1 Å². The van der Waals surface area contributed by atoms with E-state index < -0.39 is 17.1 Å². The van der Waals surface area contributed by atoms with E-state index in [0.717, 1.165) is 16.7 Å². The summed E-state index contributed by atoms with van der Waals surface area (Å²) >= 11 is 15.0. The van der Waals surface area contributed by atoms with Gasteiger partial charge in [-0.25, -0.2) is 13.8 Å². The van der Waals surface area contributed by atoms with Crippen LogP contribution in [0.4, 0.5) is 4.39 Å². The summed E-state index contributed by atoms with van der Waals surface area (Å²) in [6.07, 6.45) is 0. The number of benzene rings is 1. The minimum atomic E-state index is -0.747. The first-order chi connectivity index (χ1) is 9.73. The van der Waals surface area contributed by atoms with Crippen molar-refractivity contribution in [1.82, 2.24) is 9.55 Å². The first-order valence-electron chi connectivity index (χ1n) is 5.93. The van der Waals surface area contributed by atoms with Gasteiger partial charge in [0, 0.05) is 4.47 Å². The van der Waals surface area contributed by atoms with Crippen LogP contribution in [0.15, 0.2) is 26.2 Å². The summed E-state index contributed by atoms with van der Waals surface area (Å²) in [6, 6.07) is 2.15. The number of aromatic nitrogens is 2. The molecule has 0 unspecified atom stereocenters. The normalized spacial score (nSPS) is 11.2. The van der Waals surface area contributed by atoms with E-state index in [0.29, 0.717) is 0 Å². The number of H-pyrrole nitrogens is 1. The second-order valence-corrected chi connectivity index (χ2v) is 6.31. The molecular formula is C13H10BrCl2FN2O2. The highest BCUT2D eigenvalue weighted by Crippen LogP contribution is 2.29. The van der Waals surface area contributed by atoms with Gasteiger partial charge in [0.2, 0.25) is 0 Å². The molecule has 0 bridgehead atoms. The average Bonchev–Trinajstić information content (AvgIpc) is 2.30. The number of aromatic amines is 1. The van der Waals surface area contributed by atoms with E-state index in [-0.39, 0.29) is 31.8 Å². The zero-order valence-corrected chi connectivity index (χ0v) is 14.1. The van der Waals surface area contributed by atoms with Crippen LogP contribution in [-0.2, 0) is 0 Å². The van der Waals surface area contributed by atoms with Gasteiger partial charge < -0.3 is 0 Å². The van der Waals surface area contributed by atoms with Crippen LogP contribution in [0, 0.1) is 5.82 Å². The molecule has 8 heteroatoms. The van der Waals surface area contributed by atoms with E-state index in [4.69, 9.17) is 23.2 Å². The second-order valence-electron chi connectivity index (χ2n) is 4.67. The molecule has 0 amide bonds. The van der Waals surface area contributed by atoms with Gasteiger partial charge in [-0.2, -0.15) is 0 Å². The van der Waals surface area contributed by atoms with E-state index in [1.807, 2.05) is 0 Å². The fraction of sp³-hybridized carbons (Fsp3) is 0.231. The minimum Gasteiger partial charge on any atom is -0.297 e. The van der Waals surface area contributed by atoms with Crippen molar-refractivity contribution in [1.29, 1.82) is 0 Å². The molecule has 0 saturated carbocycles. The van der Waals surface area contributed by atoms with Crippen LogP contribution in [0.3, 0.4) is 0 Å². The molecule has 21 heavy (non-hydrogen) atoms. The Morgan fingerprint density at radius 3 is 2.43 bits per heavy atom. The molecule has 4 nitrogen and oxygen atoms in total. The zero-order chi connectivity index (χ0) is 15.9. The maximum absolute atomic E-state index is 13.3. The highest BCUT2D eigenvalue weighted by molar-refractivity contribution is 9.10. The highest BCUT2D eigenvalue weighted by atomic mass is 79.9. The maximum Gasteiger partial charge on any atom is 0.334 e. The number of nitrogens with one attached hydrogen (secondary N) is 1. The van der Waals surface area contributed by atoms with Gasteiger partial charge in [-0.1, -0.05) is 37.0 Å². The van der Waals surface area contributed by atoms with Crippen molar-refractivity contribution in [3.05, 3.63) is 59.0 Å². The Labute approximate surface area is 137 Å². The molecule has 1 aromatic carbocycles. The first-order valence-corrected chi connectivity index (χ1v) is 7.48. The van der Waals surface area contributed by atoms with Gasteiger partial charge in [-0.3, -0.25) is 9.78 Å². The lowest BCUT2D eigenvalue weighted by molar-refractivity contribution is 0.626.